The van der Waals surface area contributed by atoms with Crippen molar-refractivity contribution in [2.45, 2.75) is 0 Å². The fourth-order valence-electron chi connectivity index (χ4n) is 0. The van der Waals surface area contributed by atoms with Gasteiger partial charge < -0.3 is 27.3 Å². The van der Waals surface area contributed by atoms with E-state index < -0.39 is 31.2 Å². The van der Waals surface area contributed by atoms with Crippen molar-refractivity contribution in [3.63, 3.8) is 0 Å². The summed E-state index contributed by atoms with van der Waals surface area (Å²) in [7, 11) is -15.5. The van der Waals surface area contributed by atoms with E-state index in [1.165, 1.54) is 0 Å². The van der Waals surface area contributed by atoms with Crippen molar-refractivity contribution in [3.8, 4) is 0 Å². The summed E-state index contributed by atoms with van der Waals surface area (Å²) in [6, 6.07) is 0. The second kappa shape index (κ2) is 12.2. The molecule has 0 fully saturated rings. The van der Waals surface area contributed by atoms with Crippen molar-refractivity contribution >= 4 is 55.6 Å². The third-order valence-corrected chi connectivity index (χ3v) is 0. The van der Waals surface area contributed by atoms with Gasteiger partial charge in [-0.2, -0.15) is 0 Å². The van der Waals surface area contributed by atoms with Crippen LogP contribution in [0.2, 0.25) is 0 Å². The first-order valence-corrected chi connectivity index (χ1v) is 6.00. The predicted molar refractivity (Wildman–Crippen MR) is 37.2 cm³/mol. The van der Waals surface area contributed by atoms with Crippen molar-refractivity contribution in [1.82, 2.24) is 0 Å². The summed E-state index contributed by atoms with van der Waals surface area (Å²) in [5, 5.41) is 0. The first kappa shape index (κ1) is 30.9. The van der Waals surface area contributed by atoms with Gasteiger partial charge in [0, 0.05) is 31.2 Å². The van der Waals surface area contributed by atoms with Crippen LogP contribution < -0.4 is 0 Å². The molecule has 0 heterocycles. The molecular formula is MoO12S3Sb+. The Balaban J connectivity index is -0.0000000400. The SMILES string of the molecule is O=S(=O)([O-])[O-].O=S(=O)([O-])[O-].O=S(=O)([O-])[O-].[Mo+4].[Sb+3]. The van der Waals surface area contributed by atoms with Gasteiger partial charge >= 0.3 is 45.5 Å². The zero-order chi connectivity index (χ0) is 13.5. The van der Waals surface area contributed by atoms with Crippen molar-refractivity contribution in [1.29, 1.82) is 0 Å². The maximum Gasteiger partial charge on any atom is 4.00 e. The van der Waals surface area contributed by atoms with Crippen molar-refractivity contribution in [3.05, 3.63) is 0 Å². The molecule has 0 aliphatic heterocycles. The Morgan fingerprint density at radius 1 is 0.471 bits per heavy atom. The van der Waals surface area contributed by atoms with Gasteiger partial charge in [-0.05, 0) is 0 Å². The molecule has 0 unspecified atom stereocenters. The van der Waals surface area contributed by atoms with Crippen LogP contribution in [0.4, 0.5) is 0 Å². The van der Waals surface area contributed by atoms with Crippen molar-refractivity contribution in [2.24, 2.45) is 0 Å². The van der Waals surface area contributed by atoms with Crippen LogP contribution in [-0.2, 0) is 52.3 Å². The molecule has 0 saturated carbocycles. The van der Waals surface area contributed by atoms with E-state index in [4.69, 9.17) is 52.6 Å². The Morgan fingerprint density at radius 2 is 0.471 bits per heavy atom. The minimum atomic E-state index is -5.17. The third kappa shape index (κ3) is 3140. The molecule has 0 aromatic heterocycles. The fraction of sp³-hybridized carbons (Fsp3) is 0. The average Bonchev–Trinajstić information content (AvgIpc) is 1.41. The zero-order valence-corrected chi connectivity index (χ0v) is 14.0. The van der Waals surface area contributed by atoms with Crippen LogP contribution in [0.25, 0.3) is 0 Å². The summed E-state index contributed by atoms with van der Waals surface area (Å²) in [5.41, 5.74) is 0. The molecule has 0 aromatic carbocycles. The first-order valence-electron chi connectivity index (χ1n) is 2.00. The molecule has 0 aliphatic rings. The summed E-state index contributed by atoms with van der Waals surface area (Å²) >= 11 is 0. The predicted octanol–water partition coefficient (Wildman–Crippen LogP) is -4.40. The van der Waals surface area contributed by atoms with E-state index >= 15 is 0 Å². The van der Waals surface area contributed by atoms with E-state index in [0.717, 1.165) is 0 Å². The van der Waals surface area contributed by atoms with Gasteiger partial charge in [0.2, 0.25) is 0 Å². The summed E-state index contributed by atoms with van der Waals surface area (Å²) in [6.07, 6.45) is 0. The molecule has 0 N–H and O–H groups in total. The molecule has 0 aromatic rings. The van der Waals surface area contributed by atoms with E-state index in [1.807, 2.05) is 0 Å². The van der Waals surface area contributed by atoms with Gasteiger partial charge in [-0.25, -0.2) is 0 Å². The van der Waals surface area contributed by atoms with Crippen LogP contribution in [0, 0.1) is 0 Å². The van der Waals surface area contributed by atoms with Gasteiger partial charge in [0.25, 0.3) is 0 Å². The summed E-state index contributed by atoms with van der Waals surface area (Å²) < 4.78 is 102. The average molecular weight is 506 g/mol. The normalized spacial score (nSPS) is 10.2. The molecule has 0 rings (SSSR count). The van der Waals surface area contributed by atoms with E-state index in [1.54, 1.807) is 0 Å². The number of hydrogen-bond donors (Lipinski definition) is 0. The Hall–Kier alpha value is 1.12. The topological polar surface area (TPSA) is 241 Å². The van der Waals surface area contributed by atoms with Gasteiger partial charge in [0.15, 0.2) is 0 Å². The molecule has 100 valence electrons. The molecule has 2 radical (unpaired) electrons. The first-order chi connectivity index (χ1) is 6.00. The van der Waals surface area contributed by atoms with Crippen LogP contribution in [0.1, 0.15) is 0 Å². The maximum absolute atomic E-state index is 8.52. The van der Waals surface area contributed by atoms with Crippen LogP contribution >= 0.6 is 0 Å². The van der Waals surface area contributed by atoms with Gasteiger partial charge in [-0.15, -0.1) is 0 Å². The van der Waals surface area contributed by atoms with Gasteiger partial charge in [0.1, 0.15) is 0 Å². The standard InChI is InChI=1S/Mo.3H2O4S.Sb/c;3*1-5(2,3)4;/h;3*(H2,1,2,3,4);/q+4;;;;+3/p-6. The van der Waals surface area contributed by atoms with Crippen LogP contribution in [0.3, 0.4) is 0 Å². The summed E-state index contributed by atoms with van der Waals surface area (Å²) in [4.78, 5) is 0. The van der Waals surface area contributed by atoms with Crippen molar-refractivity contribution in [2.75, 3.05) is 0 Å². The maximum atomic E-state index is 8.52. The van der Waals surface area contributed by atoms with Crippen LogP contribution in [0.5, 0.6) is 0 Å². The molecule has 17 heteroatoms. The van der Waals surface area contributed by atoms with E-state index in [9.17, 15) is 0 Å². The zero-order valence-electron chi connectivity index (χ0n) is 6.98. The smallest absolute Gasteiger partial charge is 0.759 e. The largest absolute Gasteiger partial charge is 4.00 e. The monoisotopic (exact) mass is 507 g/mol. The molecule has 0 atom stereocenters. The van der Waals surface area contributed by atoms with Crippen LogP contribution in [0.15, 0.2) is 0 Å². The quantitative estimate of drug-likeness (QED) is 0.172. The Labute approximate surface area is 128 Å². The second-order valence-electron chi connectivity index (χ2n) is 1.22. The number of hydrogen-bond acceptors (Lipinski definition) is 12. The fourth-order valence-corrected chi connectivity index (χ4v) is 0. The second-order valence-corrected chi connectivity index (χ2v) is 3.67. The Kier molecular flexibility index (Phi) is 22.1. The molecule has 0 amide bonds. The molecule has 0 saturated heterocycles. The van der Waals surface area contributed by atoms with Gasteiger partial charge in [-0.1, -0.05) is 0 Å². The van der Waals surface area contributed by atoms with Crippen molar-refractivity contribution < 1.29 is 73.6 Å². The van der Waals surface area contributed by atoms with E-state index in [-0.39, 0.29) is 45.5 Å². The van der Waals surface area contributed by atoms with Gasteiger partial charge in [0.05, 0.1) is 0 Å². The van der Waals surface area contributed by atoms with Crippen LogP contribution in [-0.4, -0.2) is 77.0 Å². The minimum absolute atomic E-state index is 0. The van der Waals surface area contributed by atoms with E-state index in [0.29, 0.717) is 0 Å². The number of rotatable bonds is 0. The molecule has 0 bridgehead atoms. The Bertz CT molecular complexity index is 343. The third-order valence-electron chi connectivity index (χ3n) is 0. The summed E-state index contributed by atoms with van der Waals surface area (Å²) in [5.74, 6) is 0. The summed E-state index contributed by atoms with van der Waals surface area (Å²) in [6.45, 7) is 0. The molecule has 0 spiro atoms. The molecule has 12 nitrogen and oxygen atoms in total. The molecule has 17 heavy (non-hydrogen) atoms. The molecule has 0 aliphatic carbocycles. The minimum Gasteiger partial charge on any atom is -0.759 e. The molecular weight excluding hydrogens is 506 g/mol. The van der Waals surface area contributed by atoms with Gasteiger partial charge in [-0.3, -0.25) is 25.3 Å². The van der Waals surface area contributed by atoms with E-state index in [2.05, 4.69) is 0 Å². The Morgan fingerprint density at radius 3 is 0.471 bits per heavy atom.